The molecule has 0 aliphatic rings. The van der Waals surface area contributed by atoms with Crippen molar-refractivity contribution >= 4 is 5.97 Å². The summed E-state index contributed by atoms with van der Waals surface area (Å²) in [6, 6.07) is 17.1. The summed E-state index contributed by atoms with van der Waals surface area (Å²) in [5.74, 6) is -0.00752. The maximum Gasteiger partial charge on any atom is 0.327 e. The molecule has 2 heterocycles. The number of rotatable bonds is 6. The maximum absolute atomic E-state index is 10.9. The third-order valence-electron chi connectivity index (χ3n) is 4.07. The molecule has 0 saturated carbocycles. The molecule has 0 atom stereocenters. The summed E-state index contributed by atoms with van der Waals surface area (Å²) in [5, 5.41) is 25.6. The number of hydrogen-bond acceptors (Lipinski definition) is 6. The van der Waals surface area contributed by atoms with Crippen molar-refractivity contribution in [3.05, 3.63) is 60.8 Å². The lowest BCUT2D eigenvalue weighted by molar-refractivity contribution is -0.138. The highest BCUT2D eigenvalue weighted by atomic mass is 16.5. The van der Waals surface area contributed by atoms with Crippen LogP contribution in [0.2, 0.25) is 0 Å². The molecule has 0 bridgehead atoms. The molecule has 0 spiro atoms. The van der Waals surface area contributed by atoms with Crippen LogP contribution in [0, 0.1) is 0 Å². The Morgan fingerprint density at radius 1 is 1.07 bits per heavy atom. The van der Waals surface area contributed by atoms with Gasteiger partial charge >= 0.3 is 5.97 Å². The molecule has 9 heteroatoms. The SMILES string of the molecule is COc1ccc(-c2nn(-c3ccccc3)cc2-c2nnn(CC(=O)O)n2)cc1. The van der Waals surface area contributed by atoms with Crippen LogP contribution in [-0.4, -0.2) is 48.2 Å². The second-order valence-corrected chi connectivity index (χ2v) is 5.94. The van der Waals surface area contributed by atoms with Crippen LogP contribution in [0.5, 0.6) is 5.75 Å². The zero-order valence-electron chi connectivity index (χ0n) is 14.9. The van der Waals surface area contributed by atoms with Crippen LogP contribution < -0.4 is 4.74 Å². The lowest BCUT2D eigenvalue weighted by Crippen LogP contribution is -2.11. The van der Waals surface area contributed by atoms with Crippen LogP contribution in [-0.2, 0) is 11.3 Å². The minimum absolute atomic E-state index is 0.300. The van der Waals surface area contributed by atoms with E-state index in [1.807, 2.05) is 54.6 Å². The van der Waals surface area contributed by atoms with Gasteiger partial charge in [-0.15, -0.1) is 10.2 Å². The first-order valence-corrected chi connectivity index (χ1v) is 8.43. The van der Waals surface area contributed by atoms with Crippen molar-refractivity contribution in [3.63, 3.8) is 0 Å². The standard InChI is InChI=1S/C19H16N6O3/c1-28-15-9-7-13(8-10-15)18-16(19-20-23-25(22-19)12-17(26)27)11-24(21-18)14-5-3-2-4-6-14/h2-11H,12H2,1H3,(H,26,27). The smallest absolute Gasteiger partial charge is 0.327 e. The number of carboxylic acid groups (broad SMARTS) is 1. The maximum atomic E-state index is 10.9. The fraction of sp³-hybridized carbons (Fsp3) is 0.105. The van der Waals surface area contributed by atoms with Gasteiger partial charge in [0.2, 0.25) is 5.82 Å². The lowest BCUT2D eigenvalue weighted by Gasteiger charge is -2.02. The fourth-order valence-electron chi connectivity index (χ4n) is 2.75. The molecule has 9 nitrogen and oxygen atoms in total. The summed E-state index contributed by atoms with van der Waals surface area (Å²) >= 11 is 0. The van der Waals surface area contributed by atoms with Gasteiger partial charge in [-0.2, -0.15) is 9.90 Å². The van der Waals surface area contributed by atoms with Crippen molar-refractivity contribution in [2.24, 2.45) is 0 Å². The van der Waals surface area contributed by atoms with Gasteiger partial charge in [0, 0.05) is 11.8 Å². The third-order valence-corrected chi connectivity index (χ3v) is 4.07. The Labute approximate surface area is 159 Å². The highest BCUT2D eigenvalue weighted by molar-refractivity contribution is 5.77. The highest BCUT2D eigenvalue weighted by Gasteiger charge is 2.19. The molecule has 4 aromatic rings. The van der Waals surface area contributed by atoms with E-state index >= 15 is 0 Å². The zero-order chi connectivity index (χ0) is 19.5. The summed E-state index contributed by atoms with van der Waals surface area (Å²) in [6.45, 7) is -0.363. The Hall–Kier alpha value is -4.01. The van der Waals surface area contributed by atoms with E-state index in [9.17, 15) is 4.79 Å². The monoisotopic (exact) mass is 376 g/mol. The van der Waals surface area contributed by atoms with Gasteiger partial charge in [0.1, 0.15) is 11.4 Å². The molecule has 0 amide bonds. The van der Waals surface area contributed by atoms with Crippen LogP contribution in [0.1, 0.15) is 0 Å². The lowest BCUT2D eigenvalue weighted by atomic mass is 10.1. The first-order valence-electron chi connectivity index (χ1n) is 8.43. The van der Waals surface area contributed by atoms with E-state index in [1.165, 1.54) is 0 Å². The van der Waals surface area contributed by atoms with Crippen molar-refractivity contribution in [1.29, 1.82) is 0 Å². The van der Waals surface area contributed by atoms with E-state index in [0.717, 1.165) is 21.8 Å². The van der Waals surface area contributed by atoms with Crippen molar-refractivity contribution in [1.82, 2.24) is 30.0 Å². The molecule has 4 rings (SSSR count). The fourth-order valence-corrected chi connectivity index (χ4v) is 2.75. The molecule has 2 aromatic heterocycles. The quantitative estimate of drug-likeness (QED) is 0.550. The first-order chi connectivity index (χ1) is 13.6. The molecule has 0 aliphatic carbocycles. The van der Waals surface area contributed by atoms with Gasteiger partial charge < -0.3 is 9.84 Å². The van der Waals surface area contributed by atoms with E-state index in [0.29, 0.717) is 17.1 Å². The van der Waals surface area contributed by atoms with Crippen molar-refractivity contribution < 1.29 is 14.6 Å². The zero-order valence-corrected chi connectivity index (χ0v) is 14.9. The molecule has 1 N–H and O–H groups in total. The second kappa shape index (κ2) is 7.31. The number of carboxylic acids is 1. The van der Waals surface area contributed by atoms with Crippen LogP contribution in [0.15, 0.2) is 60.8 Å². The predicted octanol–water partition coefficient (Wildman–Crippen LogP) is 2.29. The molecule has 140 valence electrons. The molecular formula is C19H16N6O3. The van der Waals surface area contributed by atoms with Crippen LogP contribution in [0.25, 0.3) is 28.3 Å². The summed E-state index contributed by atoms with van der Waals surface area (Å²) < 4.78 is 6.94. The minimum Gasteiger partial charge on any atom is -0.497 e. The van der Waals surface area contributed by atoms with E-state index in [1.54, 1.807) is 18.0 Å². The van der Waals surface area contributed by atoms with Gasteiger partial charge in [0.05, 0.1) is 18.4 Å². The average Bonchev–Trinajstić information content (AvgIpc) is 3.35. The number of aromatic nitrogens is 6. The Balaban J connectivity index is 1.81. The summed E-state index contributed by atoms with van der Waals surface area (Å²) in [6.07, 6.45) is 1.80. The highest BCUT2D eigenvalue weighted by Crippen LogP contribution is 2.30. The first kappa shape index (κ1) is 17.4. The minimum atomic E-state index is -1.04. The number of ether oxygens (including phenoxy) is 1. The second-order valence-electron chi connectivity index (χ2n) is 5.94. The molecule has 28 heavy (non-hydrogen) atoms. The normalized spacial score (nSPS) is 10.8. The van der Waals surface area contributed by atoms with Gasteiger partial charge in [0.25, 0.3) is 0 Å². The predicted molar refractivity (Wildman–Crippen MR) is 100.0 cm³/mol. The number of benzene rings is 2. The number of nitrogens with zero attached hydrogens (tertiary/aromatic N) is 6. The molecule has 0 aliphatic heterocycles. The Morgan fingerprint density at radius 3 is 2.50 bits per heavy atom. The number of carbonyl (C=O) groups is 1. The van der Waals surface area contributed by atoms with E-state index in [4.69, 9.17) is 14.9 Å². The Morgan fingerprint density at radius 2 is 1.82 bits per heavy atom. The molecule has 0 radical (unpaired) electrons. The molecule has 0 unspecified atom stereocenters. The summed E-state index contributed by atoms with van der Waals surface area (Å²) in [5.41, 5.74) is 3.02. The van der Waals surface area contributed by atoms with Gasteiger partial charge in [-0.1, -0.05) is 18.2 Å². The van der Waals surface area contributed by atoms with E-state index in [-0.39, 0.29) is 6.54 Å². The largest absolute Gasteiger partial charge is 0.497 e. The average molecular weight is 376 g/mol. The van der Waals surface area contributed by atoms with Gasteiger partial charge in [-0.3, -0.25) is 4.79 Å². The summed E-state index contributed by atoms with van der Waals surface area (Å²) in [4.78, 5) is 11.9. The molecule has 0 fully saturated rings. The number of methoxy groups -OCH3 is 1. The summed E-state index contributed by atoms with van der Waals surface area (Å²) in [7, 11) is 1.61. The Kier molecular flexibility index (Phi) is 4.55. The number of hydrogen-bond donors (Lipinski definition) is 1. The molecular weight excluding hydrogens is 360 g/mol. The van der Waals surface area contributed by atoms with Crippen molar-refractivity contribution in [2.75, 3.05) is 7.11 Å². The topological polar surface area (TPSA) is 108 Å². The van der Waals surface area contributed by atoms with E-state index < -0.39 is 5.97 Å². The molecule has 0 saturated heterocycles. The molecule has 2 aromatic carbocycles. The van der Waals surface area contributed by atoms with Crippen LogP contribution in [0.4, 0.5) is 0 Å². The number of tetrazole rings is 1. The number of aliphatic carboxylic acids is 1. The Bertz CT molecular complexity index is 1100. The van der Waals surface area contributed by atoms with Crippen LogP contribution in [0.3, 0.4) is 0 Å². The van der Waals surface area contributed by atoms with Crippen molar-refractivity contribution in [2.45, 2.75) is 6.54 Å². The van der Waals surface area contributed by atoms with Crippen molar-refractivity contribution in [3.8, 4) is 34.1 Å². The van der Waals surface area contributed by atoms with E-state index in [2.05, 4.69) is 15.4 Å². The van der Waals surface area contributed by atoms with Gasteiger partial charge in [-0.05, 0) is 41.6 Å². The van der Waals surface area contributed by atoms with Gasteiger partial charge in [-0.25, -0.2) is 4.68 Å². The van der Waals surface area contributed by atoms with Crippen LogP contribution >= 0.6 is 0 Å². The number of para-hydroxylation sites is 1. The third kappa shape index (κ3) is 3.45. The van der Waals surface area contributed by atoms with Gasteiger partial charge in [0.15, 0.2) is 6.54 Å².